The van der Waals surface area contributed by atoms with E-state index in [1.165, 1.54) is 33.1 Å². The first-order chi connectivity index (χ1) is 14.8. The molecule has 1 heterocycles. The number of Topliss-reactive ketones (excluding diaryl/α,β-unsaturated/α-hetero) is 1. The third-order valence-corrected chi connectivity index (χ3v) is 10.2. The van der Waals surface area contributed by atoms with Gasteiger partial charge in [0.25, 0.3) is 0 Å². The zero-order chi connectivity index (χ0) is 23.8. The highest BCUT2D eigenvalue weighted by molar-refractivity contribution is 7.69. The summed E-state index contributed by atoms with van der Waals surface area (Å²) in [5.74, 6) is 1.65. The van der Waals surface area contributed by atoms with Crippen LogP contribution in [0.1, 0.15) is 84.9 Å². The Kier molecular flexibility index (Phi) is 7.41. The van der Waals surface area contributed by atoms with Crippen LogP contribution in [-0.4, -0.2) is 16.1 Å². The smallest absolute Gasteiger partial charge is 0.134 e. The molecule has 2 aromatic rings. The summed E-state index contributed by atoms with van der Waals surface area (Å²) in [4.78, 5) is 12.6. The predicted molar refractivity (Wildman–Crippen MR) is 143 cm³/mol. The highest BCUT2D eigenvalue weighted by Gasteiger charge is 2.48. The molecule has 1 saturated heterocycles. The summed E-state index contributed by atoms with van der Waals surface area (Å²) in [7, 11) is -0.518. The molecule has 32 heavy (non-hydrogen) atoms. The maximum Gasteiger partial charge on any atom is 0.134 e. The summed E-state index contributed by atoms with van der Waals surface area (Å²) < 4.78 is 0. The fourth-order valence-electron chi connectivity index (χ4n) is 6.03. The van der Waals surface area contributed by atoms with Gasteiger partial charge in [-0.2, -0.15) is 0 Å². The molecule has 2 heteroatoms. The van der Waals surface area contributed by atoms with Crippen LogP contribution in [-0.2, 0) is 17.6 Å². The lowest BCUT2D eigenvalue weighted by molar-refractivity contribution is -0.120. The summed E-state index contributed by atoms with van der Waals surface area (Å²) in [5.41, 5.74) is 7.23. The van der Waals surface area contributed by atoms with Crippen LogP contribution >= 0.6 is 7.92 Å². The minimum absolute atomic E-state index is 0.00535. The molecule has 3 rings (SSSR count). The number of hydrogen-bond donors (Lipinski definition) is 0. The third-order valence-electron chi connectivity index (χ3n) is 6.59. The monoisotopic (exact) mass is 450 g/mol. The molecule has 1 nitrogen and oxygen atoms in total. The topological polar surface area (TPSA) is 17.1 Å². The second-order valence-electron chi connectivity index (χ2n) is 12.0. The lowest BCUT2D eigenvalue weighted by Crippen LogP contribution is -2.43. The molecule has 2 aromatic carbocycles. The average molecular weight is 451 g/mol. The highest BCUT2D eigenvalue weighted by atomic mass is 31.1. The van der Waals surface area contributed by atoms with Gasteiger partial charge in [-0.3, -0.25) is 4.79 Å². The van der Waals surface area contributed by atoms with Gasteiger partial charge in [-0.1, -0.05) is 105 Å². The quantitative estimate of drug-likeness (QED) is 0.406. The predicted octanol–water partition coefficient (Wildman–Crippen LogP) is 8.09. The molecular weight excluding hydrogens is 407 g/mol. The minimum atomic E-state index is -0.518. The fraction of sp³-hybridized carbons (Fsp3) is 0.567. The molecule has 0 saturated carbocycles. The molecule has 0 atom stereocenters. The van der Waals surface area contributed by atoms with Gasteiger partial charge in [0.1, 0.15) is 5.78 Å². The van der Waals surface area contributed by atoms with Crippen molar-refractivity contribution in [2.75, 3.05) is 0 Å². The first-order valence-corrected chi connectivity index (χ1v) is 13.7. The Bertz CT molecular complexity index is 929. The third kappa shape index (κ3) is 5.36. The fourth-order valence-corrected chi connectivity index (χ4v) is 10.3. The second kappa shape index (κ2) is 9.42. The Hall–Kier alpha value is -1.46. The summed E-state index contributed by atoms with van der Waals surface area (Å²) in [6.45, 7) is 20.8. The van der Waals surface area contributed by atoms with Gasteiger partial charge in [0.2, 0.25) is 0 Å². The Morgan fingerprint density at radius 1 is 0.844 bits per heavy atom. The molecule has 0 bridgehead atoms. The molecule has 1 aliphatic rings. The summed E-state index contributed by atoms with van der Waals surface area (Å²) >= 11 is 0. The molecule has 0 aliphatic carbocycles. The second-order valence-corrected chi connectivity index (χ2v) is 15.6. The van der Waals surface area contributed by atoms with E-state index in [2.05, 4.69) is 98.7 Å². The molecule has 0 amide bonds. The van der Waals surface area contributed by atoms with Crippen molar-refractivity contribution in [1.82, 2.24) is 0 Å². The Labute approximate surface area is 198 Å². The van der Waals surface area contributed by atoms with Gasteiger partial charge >= 0.3 is 0 Å². The summed E-state index contributed by atoms with van der Waals surface area (Å²) in [6.07, 6.45) is 3.59. The lowest BCUT2D eigenvalue weighted by Gasteiger charge is -2.49. The van der Waals surface area contributed by atoms with Crippen LogP contribution < -0.4 is 5.30 Å². The molecule has 1 aliphatic heterocycles. The van der Waals surface area contributed by atoms with Crippen LogP contribution in [0.5, 0.6) is 0 Å². The number of carbonyl (C=O) groups excluding carboxylic acids is 1. The number of aryl methyl sites for hydroxylation is 1. The van der Waals surface area contributed by atoms with Crippen molar-refractivity contribution in [1.29, 1.82) is 0 Å². The molecule has 0 N–H and O–H groups in total. The van der Waals surface area contributed by atoms with Gasteiger partial charge in [-0.05, 0) is 69.5 Å². The molecule has 0 aromatic heterocycles. The molecule has 0 spiro atoms. The zero-order valence-electron chi connectivity index (χ0n) is 21.8. The normalized spacial score (nSPS) is 18.5. The van der Waals surface area contributed by atoms with Gasteiger partial charge in [0, 0.05) is 12.8 Å². The van der Waals surface area contributed by atoms with E-state index in [-0.39, 0.29) is 10.3 Å². The van der Waals surface area contributed by atoms with Gasteiger partial charge < -0.3 is 0 Å². The Morgan fingerprint density at radius 3 is 1.78 bits per heavy atom. The molecule has 1 fully saturated rings. The Morgan fingerprint density at radius 2 is 1.31 bits per heavy atom. The van der Waals surface area contributed by atoms with E-state index in [0.29, 0.717) is 30.5 Å². The van der Waals surface area contributed by atoms with Crippen molar-refractivity contribution >= 4 is 19.0 Å². The van der Waals surface area contributed by atoms with Gasteiger partial charge in [-0.15, -0.1) is 0 Å². The minimum Gasteiger partial charge on any atom is -0.300 e. The van der Waals surface area contributed by atoms with Crippen molar-refractivity contribution < 1.29 is 4.79 Å². The van der Waals surface area contributed by atoms with Crippen molar-refractivity contribution in [3.63, 3.8) is 0 Å². The van der Waals surface area contributed by atoms with E-state index in [0.717, 1.165) is 12.8 Å². The molecule has 0 unspecified atom stereocenters. The number of hydrogen-bond acceptors (Lipinski definition) is 1. The van der Waals surface area contributed by atoms with Gasteiger partial charge in [0.05, 0.1) is 0 Å². The maximum absolute atomic E-state index is 12.6. The van der Waals surface area contributed by atoms with E-state index < -0.39 is 7.92 Å². The average Bonchev–Trinajstić information content (AvgIpc) is 2.58. The van der Waals surface area contributed by atoms with Crippen LogP contribution in [0.15, 0.2) is 36.4 Å². The number of rotatable bonds is 6. The molecular formula is C30H43OP. The Balaban J connectivity index is 2.30. The molecule has 174 valence electrons. The maximum atomic E-state index is 12.6. The number of carbonyl (C=O) groups is 1. The van der Waals surface area contributed by atoms with Crippen LogP contribution in [0.25, 0.3) is 11.1 Å². The first-order valence-electron chi connectivity index (χ1n) is 12.4. The number of ketones is 1. The summed E-state index contributed by atoms with van der Waals surface area (Å²) in [6, 6.07) is 14.0. The standard InChI is InChI=1S/C30H43OP/c1-20(2)14-23-16-22(5)17-24(15-21(3)4)28(23)26-12-10-11-13-27(26)32-29(6,7)18-25(31)19-30(32,8)9/h10-13,16-17,20-21H,14-15,18-19H2,1-9H3. The van der Waals surface area contributed by atoms with Crippen LogP contribution in [0.3, 0.4) is 0 Å². The van der Waals surface area contributed by atoms with E-state index in [1.54, 1.807) is 0 Å². The van der Waals surface area contributed by atoms with Crippen molar-refractivity contribution in [2.45, 2.75) is 98.3 Å². The van der Waals surface area contributed by atoms with Crippen molar-refractivity contribution in [3.8, 4) is 11.1 Å². The van der Waals surface area contributed by atoms with Crippen LogP contribution in [0.4, 0.5) is 0 Å². The van der Waals surface area contributed by atoms with E-state index in [1.807, 2.05) is 0 Å². The van der Waals surface area contributed by atoms with Gasteiger partial charge in [-0.25, -0.2) is 0 Å². The van der Waals surface area contributed by atoms with E-state index in [9.17, 15) is 4.79 Å². The summed E-state index contributed by atoms with van der Waals surface area (Å²) in [5, 5.41) is 1.50. The van der Waals surface area contributed by atoms with Crippen LogP contribution in [0, 0.1) is 18.8 Å². The van der Waals surface area contributed by atoms with Crippen molar-refractivity contribution in [3.05, 3.63) is 53.1 Å². The lowest BCUT2D eigenvalue weighted by atomic mass is 9.85. The zero-order valence-corrected chi connectivity index (χ0v) is 22.7. The van der Waals surface area contributed by atoms with E-state index >= 15 is 0 Å². The SMILES string of the molecule is Cc1cc(CC(C)C)c(-c2ccccc2P2C(C)(C)CC(=O)CC2(C)C)c(CC(C)C)c1. The highest BCUT2D eigenvalue weighted by Crippen LogP contribution is 2.65. The van der Waals surface area contributed by atoms with Crippen LogP contribution in [0.2, 0.25) is 0 Å². The van der Waals surface area contributed by atoms with Crippen molar-refractivity contribution in [2.24, 2.45) is 11.8 Å². The number of benzene rings is 2. The van der Waals surface area contributed by atoms with Gasteiger partial charge in [0.15, 0.2) is 0 Å². The largest absolute Gasteiger partial charge is 0.300 e. The molecule has 0 radical (unpaired) electrons. The van der Waals surface area contributed by atoms with E-state index in [4.69, 9.17) is 0 Å². The first kappa shape index (κ1) is 25.2.